The average Bonchev–Trinajstić information content (AvgIpc) is 2.63. The third-order valence-electron chi connectivity index (χ3n) is 3.36. The van der Waals surface area contributed by atoms with E-state index in [0.717, 1.165) is 0 Å². The fraction of sp³-hybridized carbons (Fsp3) is 0.727. The number of nitrogens with zero attached hydrogens (tertiary/aromatic N) is 3. The summed E-state index contributed by atoms with van der Waals surface area (Å²) in [7, 11) is -1.84. The predicted octanol–water partition coefficient (Wildman–Crippen LogP) is 0.665. The van der Waals surface area contributed by atoms with E-state index in [2.05, 4.69) is 5.10 Å². The highest BCUT2D eigenvalue weighted by Crippen LogP contribution is 2.26. The molecule has 1 unspecified atom stereocenters. The maximum absolute atomic E-state index is 12.8. The Morgan fingerprint density at radius 1 is 1.47 bits per heavy atom. The molecule has 0 radical (unpaired) electrons. The van der Waals surface area contributed by atoms with Gasteiger partial charge in [0.1, 0.15) is 4.90 Å². The molecule has 6 nitrogen and oxygen atoms in total. The molecule has 1 fully saturated rings. The van der Waals surface area contributed by atoms with Crippen LogP contribution in [0.15, 0.2) is 4.90 Å². The van der Waals surface area contributed by atoms with E-state index in [1.54, 1.807) is 25.6 Å². The van der Waals surface area contributed by atoms with Crippen molar-refractivity contribution in [3.8, 4) is 0 Å². The van der Waals surface area contributed by atoms with E-state index in [-0.39, 0.29) is 16.8 Å². The summed E-state index contributed by atoms with van der Waals surface area (Å²) in [5, 5.41) is 4.17. The van der Waals surface area contributed by atoms with E-state index in [0.29, 0.717) is 31.1 Å². The third-order valence-corrected chi connectivity index (χ3v) is 5.92. The van der Waals surface area contributed by atoms with Crippen LogP contribution in [0.4, 0.5) is 0 Å². The number of halogens is 1. The Morgan fingerprint density at radius 3 is 2.68 bits per heavy atom. The molecule has 1 saturated heterocycles. The second kappa shape index (κ2) is 5.40. The second-order valence-corrected chi connectivity index (χ2v) is 6.76. The van der Waals surface area contributed by atoms with Gasteiger partial charge in [-0.2, -0.15) is 9.40 Å². The molecule has 0 aliphatic carbocycles. The molecular weight excluding hydrogens is 290 g/mol. The molecule has 0 bridgehead atoms. The lowest BCUT2D eigenvalue weighted by Crippen LogP contribution is -2.49. The molecule has 19 heavy (non-hydrogen) atoms. The second-order valence-electron chi connectivity index (χ2n) is 4.62. The summed E-state index contributed by atoms with van der Waals surface area (Å²) in [5.74, 6) is 0.220. The van der Waals surface area contributed by atoms with Crippen molar-refractivity contribution < 1.29 is 13.2 Å². The van der Waals surface area contributed by atoms with E-state index in [4.69, 9.17) is 16.3 Å². The highest BCUT2D eigenvalue weighted by atomic mass is 35.5. The number of hydrogen-bond acceptors (Lipinski definition) is 4. The van der Waals surface area contributed by atoms with Gasteiger partial charge in [0.15, 0.2) is 0 Å². The minimum absolute atomic E-state index is 0.220. The van der Waals surface area contributed by atoms with Crippen LogP contribution in [0.2, 0.25) is 0 Å². The summed E-state index contributed by atoms with van der Waals surface area (Å²) >= 11 is 5.85. The lowest BCUT2D eigenvalue weighted by Gasteiger charge is -2.33. The third kappa shape index (κ3) is 2.52. The summed E-state index contributed by atoms with van der Waals surface area (Å²) in [4.78, 5) is 0.284. The quantitative estimate of drug-likeness (QED) is 0.770. The molecule has 0 N–H and O–H groups in total. The van der Waals surface area contributed by atoms with Gasteiger partial charge in [-0.25, -0.2) is 8.42 Å². The van der Waals surface area contributed by atoms with Crippen molar-refractivity contribution in [3.63, 3.8) is 0 Å². The summed E-state index contributed by atoms with van der Waals surface area (Å²) in [6.45, 7) is 4.51. The molecule has 0 amide bonds. The van der Waals surface area contributed by atoms with Gasteiger partial charge in [-0.05, 0) is 13.8 Å². The number of alkyl halides is 1. The maximum atomic E-state index is 12.8. The van der Waals surface area contributed by atoms with E-state index in [1.165, 1.54) is 4.31 Å². The van der Waals surface area contributed by atoms with Gasteiger partial charge in [-0.1, -0.05) is 0 Å². The van der Waals surface area contributed by atoms with Gasteiger partial charge in [-0.15, -0.1) is 11.6 Å². The highest BCUT2D eigenvalue weighted by Gasteiger charge is 2.36. The predicted molar refractivity (Wildman–Crippen MR) is 71.9 cm³/mol. The SMILES string of the molecule is Cc1nn(C)c(C)c1S(=O)(=O)N1CCOCC1CCl. The minimum atomic E-state index is -3.58. The Balaban J connectivity index is 2.46. The van der Waals surface area contributed by atoms with Gasteiger partial charge in [-0.3, -0.25) is 4.68 Å². The molecule has 1 aliphatic rings. The van der Waals surface area contributed by atoms with Crippen molar-refractivity contribution in [2.45, 2.75) is 24.8 Å². The van der Waals surface area contributed by atoms with Crippen LogP contribution in [-0.2, 0) is 21.8 Å². The van der Waals surface area contributed by atoms with Crippen LogP contribution in [-0.4, -0.2) is 54.2 Å². The van der Waals surface area contributed by atoms with Crippen LogP contribution in [0.25, 0.3) is 0 Å². The number of aromatic nitrogens is 2. The van der Waals surface area contributed by atoms with Gasteiger partial charge in [0.2, 0.25) is 10.0 Å². The molecule has 0 aromatic carbocycles. The van der Waals surface area contributed by atoms with Gasteiger partial charge < -0.3 is 4.74 Å². The molecule has 1 aliphatic heterocycles. The first kappa shape index (κ1) is 14.8. The van der Waals surface area contributed by atoms with Crippen molar-refractivity contribution in [3.05, 3.63) is 11.4 Å². The Labute approximate surface area is 118 Å². The normalized spacial score (nSPS) is 21.8. The van der Waals surface area contributed by atoms with Gasteiger partial charge in [0.05, 0.1) is 30.6 Å². The van der Waals surface area contributed by atoms with Crippen molar-refractivity contribution in [2.75, 3.05) is 25.6 Å². The van der Waals surface area contributed by atoms with Crippen LogP contribution >= 0.6 is 11.6 Å². The molecule has 1 atom stereocenters. The first-order valence-electron chi connectivity index (χ1n) is 6.05. The van der Waals surface area contributed by atoms with Crippen LogP contribution in [0.5, 0.6) is 0 Å². The van der Waals surface area contributed by atoms with Crippen molar-refractivity contribution >= 4 is 21.6 Å². The lowest BCUT2D eigenvalue weighted by atomic mass is 10.3. The fourth-order valence-electron chi connectivity index (χ4n) is 2.32. The molecule has 0 spiro atoms. The van der Waals surface area contributed by atoms with Crippen molar-refractivity contribution in [1.29, 1.82) is 0 Å². The zero-order valence-electron chi connectivity index (χ0n) is 11.3. The number of rotatable bonds is 3. The van der Waals surface area contributed by atoms with Crippen molar-refractivity contribution in [1.82, 2.24) is 14.1 Å². The van der Waals surface area contributed by atoms with E-state index in [1.807, 2.05) is 0 Å². The first-order valence-corrected chi connectivity index (χ1v) is 8.02. The summed E-state index contributed by atoms with van der Waals surface area (Å²) in [5.41, 5.74) is 1.15. The number of morpholine rings is 1. The molecule has 2 rings (SSSR count). The van der Waals surface area contributed by atoms with Crippen LogP contribution in [0.1, 0.15) is 11.4 Å². The standard InChI is InChI=1S/C11H18ClN3O3S/c1-8-11(9(2)14(3)13-8)19(16,17)15-4-5-18-7-10(15)6-12/h10H,4-7H2,1-3H3. The molecule has 0 saturated carbocycles. The molecule has 108 valence electrons. The summed E-state index contributed by atoms with van der Waals surface area (Å²) < 4.78 is 33.8. The Hall–Kier alpha value is -0.630. The monoisotopic (exact) mass is 307 g/mol. The number of aryl methyl sites for hydroxylation is 2. The summed E-state index contributed by atoms with van der Waals surface area (Å²) in [6, 6.07) is -0.320. The van der Waals surface area contributed by atoms with E-state index >= 15 is 0 Å². The zero-order valence-corrected chi connectivity index (χ0v) is 12.8. The molecular formula is C11H18ClN3O3S. The summed E-state index contributed by atoms with van der Waals surface area (Å²) in [6.07, 6.45) is 0. The topological polar surface area (TPSA) is 64.4 Å². The average molecular weight is 308 g/mol. The Kier molecular flexibility index (Phi) is 4.20. The smallest absolute Gasteiger partial charge is 0.247 e. The van der Waals surface area contributed by atoms with Crippen LogP contribution < -0.4 is 0 Å². The number of sulfonamides is 1. The van der Waals surface area contributed by atoms with Gasteiger partial charge in [0, 0.05) is 19.5 Å². The molecule has 8 heteroatoms. The minimum Gasteiger partial charge on any atom is -0.378 e. The van der Waals surface area contributed by atoms with Gasteiger partial charge >= 0.3 is 0 Å². The number of ether oxygens (including phenoxy) is 1. The largest absolute Gasteiger partial charge is 0.378 e. The van der Waals surface area contributed by atoms with Crippen LogP contribution in [0, 0.1) is 13.8 Å². The van der Waals surface area contributed by atoms with Gasteiger partial charge in [0.25, 0.3) is 0 Å². The van der Waals surface area contributed by atoms with E-state index in [9.17, 15) is 8.42 Å². The number of hydrogen-bond donors (Lipinski definition) is 0. The first-order chi connectivity index (χ1) is 8.89. The maximum Gasteiger partial charge on any atom is 0.247 e. The molecule has 2 heterocycles. The molecule has 1 aromatic heterocycles. The Bertz CT molecular complexity index is 570. The molecule has 1 aromatic rings. The highest BCUT2D eigenvalue weighted by molar-refractivity contribution is 7.89. The zero-order chi connectivity index (χ0) is 14.2. The Morgan fingerprint density at radius 2 is 2.16 bits per heavy atom. The van der Waals surface area contributed by atoms with Crippen molar-refractivity contribution in [2.24, 2.45) is 7.05 Å². The van der Waals surface area contributed by atoms with Crippen LogP contribution in [0.3, 0.4) is 0 Å². The lowest BCUT2D eigenvalue weighted by molar-refractivity contribution is 0.0404. The fourth-order valence-corrected chi connectivity index (χ4v) is 4.66. The van der Waals surface area contributed by atoms with E-state index < -0.39 is 10.0 Å².